The Labute approximate surface area is 556 Å². The SMILES string of the molecule is CCCCCCCCCCCCCC(=O)OC[C@H](COP(=O)(O)OC[C@H](O)COP(=O)(O)OC[C@@H](COC(=O)CCCCCCCCCCC(C)C)OC(=O)CCCCCCCCCCCCCCCCCC(C)C)OC(=O)CCCCCCCCCCC(C)C. The number of rotatable bonds is 70. The number of phosphoric ester groups is 2. The smallest absolute Gasteiger partial charge is 0.462 e. The minimum atomic E-state index is -4.95. The van der Waals surface area contributed by atoms with Crippen LogP contribution in [0.25, 0.3) is 0 Å². The summed E-state index contributed by atoms with van der Waals surface area (Å²) in [7, 11) is -9.90. The van der Waals surface area contributed by atoms with E-state index in [9.17, 15) is 43.2 Å². The zero-order chi connectivity index (χ0) is 67.3. The quantitative estimate of drug-likeness (QED) is 0.0222. The summed E-state index contributed by atoms with van der Waals surface area (Å²) in [5.41, 5.74) is 0. The Morgan fingerprint density at radius 1 is 0.297 bits per heavy atom. The molecule has 0 saturated heterocycles. The first-order valence-corrected chi connectivity index (χ1v) is 40.3. The number of aliphatic hydroxyl groups is 1. The van der Waals surface area contributed by atoms with Crippen molar-refractivity contribution in [3.8, 4) is 0 Å². The van der Waals surface area contributed by atoms with Gasteiger partial charge < -0.3 is 33.8 Å². The molecular weight excluding hydrogens is 1200 g/mol. The van der Waals surface area contributed by atoms with Gasteiger partial charge in [0.1, 0.15) is 19.3 Å². The second-order valence-electron chi connectivity index (χ2n) is 27.4. The third-order valence-corrected chi connectivity index (χ3v) is 18.5. The maximum atomic E-state index is 13.0. The Hall–Kier alpha value is -1.94. The lowest BCUT2D eigenvalue weighted by molar-refractivity contribution is -0.161. The Morgan fingerprint density at radius 2 is 0.505 bits per heavy atom. The van der Waals surface area contributed by atoms with E-state index in [4.69, 9.17) is 37.0 Å². The van der Waals surface area contributed by atoms with Crippen molar-refractivity contribution >= 4 is 39.5 Å². The molecule has 0 heterocycles. The number of phosphoric acid groups is 2. The van der Waals surface area contributed by atoms with Gasteiger partial charge in [0, 0.05) is 25.7 Å². The molecule has 2 unspecified atom stereocenters. The number of ether oxygens (including phenoxy) is 4. The summed E-state index contributed by atoms with van der Waals surface area (Å²) in [6.07, 6.45) is 47.2. The Bertz CT molecular complexity index is 1780. The summed E-state index contributed by atoms with van der Waals surface area (Å²) in [4.78, 5) is 72.6. The molecule has 0 aliphatic heterocycles. The van der Waals surface area contributed by atoms with Crippen LogP contribution in [0.3, 0.4) is 0 Å². The highest BCUT2D eigenvalue weighted by Gasteiger charge is 2.30. The molecule has 0 rings (SSSR count). The number of hydrogen-bond acceptors (Lipinski definition) is 15. The molecule has 5 atom stereocenters. The van der Waals surface area contributed by atoms with Crippen molar-refractivity contribution in [1.82, 2.24) is 0 Å². The van der Waals surface area contributed by atoms with Crippen LogP contribution in [0, 0.1) is 17.8 Å². The molecule has 0 saturated carbocycles. The zero-order valence-corrected chi connectivity index (χ0v) is 61.1. The predicted molar refractivity (Wildman–Crippen MR) is 368 cm³/mol. The van der Waals surface area contributed by atoms with E-state index in [1.165, 1.54) is 173 Å². The maximum Gasteiger partial charge on any atom is 0.472 e. The van der Waals surface area contributed by atoms with Gasteiger partial charge >= 0.3 is 39.5 Å². The first-order chi connectivity index (χ1) is 43.7. The van der Waals surface area contributed by atoms with Crippen LogP contribution in [0.4, 0.5) is 0 Å². The van der Waals surface area contributed by atoms with Crippen LogP contribution >= 0.6 is 15.6 Å². The zero-order valence-electron chi connectivity index (χ0n) is 59.3. The molecule has 0 aromatic carbocycles. The van der Waals surface area contributed by atoms with E-state index >= 15 is 0 Å². The van der Waals surface area contributed by atoms with Gasteiger partial charge in [0.05, 0.1) is 26.4 Å². The van der Waals surface area contributed by atoms with Gasteiger partial charge in [0.15, 0.2) is 12.2 Å². The van der Waals surface area contributed by atoms with Crippen LogP contribution in [-0.4, -0.2) is 96.7 Å². The van der Waals surface area contributed by atoms with Crippen LogP contribution in [-0.2, 0) is 65.4 Å². The van der Waals surface area contributed by atoms with Crippen molar-refractivity contribution in [3.63, 3.8) is 0 Å². The van der Waals surface area contributed by atoms with Crippen LogP contribution < -0.4 is 0 Å². The van der Waals surface area contributed by atoms with Gasteiger partial charge in [-0.15, -0.1) is 0 Å². The minimum Gasteiger partial charge on any atom is -0.462 e. The van der Waals surface area contributed by atoms with Crippen molar-refractivity contribution in [2.75, 3.05) is 39.6 Å². The topological polar surface area (TPSA) is 237 Å². The van der Waals surface area contributed by atoms with E-state index in [2.05, 4.69) is 48.5 Å². The molecule has 0 aliphatic rings. The summed E-state index contributed by atoms with van der Waals surface area (Å²) >= 11 is 0. The first-order valence-electron chi connectivity index (χ1n) is 37.3. The molecular formula is C72H140O17P2. The third kappa shape index (κ3) is 66.5. The van der Waals surface area contributed by atoms with Gasteiger partial charge in [-0.1, -0.05) is 312 Å². The average molecular weight is 1340 g/mol. The monoisotopic (exact) mass is 1340 g/mol. The van der Waals surface area contributed by atoms with Crippen molar-refractivity contribution < 1.29 is 80.2 Å². The summed E-state index contributed by atoms with van der Waals surface area (Å²) in [6.45, 7) is 11.8. The van der Waals surface area contributed by atoms with Crippen LogP contribution in [0.2, 0.25) is 0 Å². The van der Waals surface area contributed by atoms with Crippen LogP contribution in [0.5, 0.6) is 0 Å². The van der Waals surface area contributed by atoms with Crippen LogP contribution in [0.15, 0.2) is 0 Å². The summed E-state index contributed by atoms with van der Waals surface area (Å²) < 4.78 is 68.3. The normalized spacial score (nSPS) is 14.2. The van der Waals surface area contributed by atoms with Crippen molar-refractivity contribution in [2.24, 2.45) is 17.8 Å². The van der Waals surface area contributed by atoms with E-state index in [0.717, 1.165) is 108 Å². The molecule has 0 radical (unpaired) electrons. The second kappa shape index (κ2) is 62.8. The molecule has 3 N–H and O–H groups in total. The highest BCUT2D eigenvalue weighted by Crippen LogP contribution is 2.45. The third-order valence-electron chi connectivity index (χ3n) is 16.6. The highest BCUT2D eigenvalue weighted by molar-refractivity contribution is 7.47. The second-order valence-corrected chi connectivity index (χ2v) is 30.3. The van der Waals surface area contributed by atoms with Gasteiger partial charge in [-0.25, -0.2) is 9.13 Å². The summed E-state index contributed by atoms with van der Waals surface area (Å²) in [5, 5.41) is 10.6. The fourth-order valence-electron chi connectivity index (χ4n) is 10.9. The first kappa shape index (κ1) is 89.1. The number of unbranched alkanes of at least 4 members (excludes halogenated alkanes) is 38. The molecule has 0 aliphatic carbocycles. The molecule has 0 aromatic heterocycles. The fraction of sp³-hybridized carbons (Fsp3) is 0.944. The molecule has 91 heavy (non-hydrogen) atoms. The van der Waals surface area contributed by atoms with Gasteiger partial charge in [-0.2, -0.15) is 0 Å². The van der Waals surface area contributed by atoms with Gasteiger partial charge in [0.25, 0.3) is 0 Å². The largest absolute Gasteiger partial charge is 0.472 e. The lowest BCUT2D eigenvalue weighted by Crippen LogP contribution is -2.30. The highest BCUT2D eigenvalue weighted by atomic mass is 31.2. The van der Waals surface area contributed by atoms with Crippen molar-refractivity contribution in [3.05, 3.63) is 0 Å². The molecule has 0 aromatic rings. The maximum absolute atomic E-state index is 13.0. The molecule has 17 nitrogen and oxygen atoms in total. The minimum absolute atomic E-state index is 0.104. The lowest BCUT2D eigenvalue weighted by atomic mass is 10.0. The number of aliphatic hydroxyl groups excluding tert-OH is 1. The van der Waals surface area contributed by atoms with Gasteiger partial charge in [-0.3, -0.25) is 37.3 Å². The number of hydrogen-bond donors (Lipinski definition) is 3. The Balaban J connectivity index is 5.22. The summed E-state index contributed by atoms with van der Waals surface area (Å²) in [5.74, 6) is 0.122. The van der Waals surface area contributed by atoms with Crippen LogP contribution in [0.1, 0.15) is 363 Å². The number of esters is 4. The van der Waals surface area contributed by atoms with Gasteiger partial charge in [-0.05, 0) is 43.4 Å². The Morgan fingerprint density at radius 3 is 0.747 bits per heavy atom. The van der Waals surface area contributed by atoms with Gasteiger partial charge in [0.2, 0.25) is 0 Å². The molecule has 0 spiro atoms. The number of carbonyl (C=O) groups is 4. The summed E-state index contributed by atoms with van der Waals surface area (Å²) in [6, 6.07) is 0. The molecule has 19 heteroatoms. The average Bonchev–Trinajstić information content (AvgIpc) is 3.22. The van der Waals surface area contributed by atoms with E-state index in [0.29, 0.717) is 25.7 Å². The molecule has 0 fully saturated rings. The lowest BCUT2D eigenvalue weighted by Gasteiger charge is -2.21. The van der Waals surface area contributed by atoms with E-state index in [1.54, 1.807) is 0 Å². The fourth-order valence-corrected chi connectivity index (χ4v) is 12.5. The van der Waals surface area contributed by atoms with E-state index in [-0.39, 0.29) is 25.7 Å². The van der Waals surface area contributed by atoms with Crippen molar-refractivity contribution in [1.29, 1.82) is 0 Å². The molecule has 540 valence electrons. The predicted octanol–water partition coefficient (Wildman–Crippen LogP) is 20.6. The number of carbonyl (C=O) groups excluding carboxylic acids is 4. The Kier molecular flexibility index (Phi) is 61.5. The molecule has 0 amide bonds. The standard InChI is InChI=1S/C72H140O17P2/c1-8-9-10-11-12-13-19-23-32-39-46-53-69(74)82-59-68(89-72(77)56-49-42-35-28-26-31-38-45-52-65(6)7)62-87-91(80,81)85-58-66(73)57-84-90(78,79)86-61-67(60-83-70(75)54-47-40-33-27-25-30-37-44-51-64(4)5)88-71(76)55-48-41-34-24-21-18-16-14-15-17-20-22-29-36-43-50-63(2)3/h63-68,73H,8-62H2,1-7H3,(H,78,79)(H,80,81)/t66-,67-,68-/m1/s1. The van der Waals surface area contributed by atoms with E-state index in [1.807, 2.05) is 0 Å². The van der Waals surface area contributed by atoms with E-state index < -0.39 is 97.5 Å². The van der Waals surface area contributed by atoms with Crippen molar-refractivity contribution in [2.45, 2.75) is 381 Å². The molecule has 0 bridgehead atoms.